The lowest BCUT2D eigenvalue weighted by molar-refractivity contribution is -0.384. The molecule has 2 rings (SSSR count). The zero-order valence-electron chi connectivity index (χ0n) is 17.0. The number of carbonyl (C=O) groups is 3. The average Bonchev–Trinajstić information content (AvgIpc) is 2.78. The molecular weight excluding hydrogens is 438 g/mol. The normalized spacial score (nSPS) is 9.91. The number of non-ortho nitro benzene ring substituents is 1. The molecule has 0 aromatic heterocycles. The zero-order valence-corrected chi connectivity index (χ0v) is 17.9. The third-order valence-electron chi connectivity index (χ3n) is 3.89. The van der Waals surface area contributed by atoms with Gasteiger partial charge in [0.25, 0.3) is 11.6 Å². The summed E-state index contributed by atoms with van der Waals surface area (Å²) in [7, 11) is 0. The quantitative estimate of drug-likeness (QED) is 0.266. The van der Waals surface area contributed by atoms with Crippen LogP contribution in [0.3, 0.4) is 0 Å². The molecule has 0 unspecified atom stereocenters. The number of thiocarbonyl (C=S) groups is 1. The Hall–Kier alpha value is -4.06. The number of hydrogen-bond donors (Lipinski definition) is 4. The first-order valence-corrected chi connectivity index (χ1v) is 9.86. The monoisotopic (exact) mass is 459 g/mol. The fourth-order valence-corrected chi connectivity index (χ4v) is 2.55. The van der Waals surface area contributed by atoms with E-state index in [1.165, 1.54) is 18.2 Å². The predicted molar refractivity (Wildman–Crippen MR) is 120 cm³/mol. The first kappa shape index (κ1) is 24.2. The van der Waals surface area contributed by atoms with Crippen LogP contribution in [0.2, 0.25) is 0 Å². The van der Waals surface area contributed by atoms with Crippen molar-refractivity contribution in [2.24, 2.45) is 0 Å². The van der Waals surface area contributed by atoms with Gasteiger partial charge in [-0.1, -0.05) is 6.07 Å². The number of nitrogens with one attached hydrogen (secondary N) is 4. The van der Waals surface area contributed by atoms with Gasteiger partial charge in [-0.25, -0.2) is 0 Å². The molecule has 0 heterocycles. The van der Waals surface area contributed by atoms with Gasteiger partial charge in [-0.15, -0.1) is 0 Å². The Bertz CT molecular complexity index is 1010. The summed E-state index contributed by atoms with van der Waals surface area (Å²) in [6.45, 7) is 2.41. The van der Waals surface area contributed by atoms with Crippen molar-refractivity contribution >= 4 is 46.4 Å². The Balaban J connectivity index is 1.71. The van der Waals surface area contributed by atoms with E-state index in [4.69, 9.17) is 17.0 Å². The number of ether oxygens (including phenoxy) is 1. The van der Waals surface area contributed by atoms with Crippen LogP contribution < -0.4 is 26.2 Å². The minimum atomic E-state index is -0.685. The van der Waals surface area contributed by atoms with Crippen LogP contribution in [0, 0.1) is 10.1 Å². The van der Waals surface area contributed by atoms with Crippen molar-refractivity contribution < 1.29 is 24.0 Å². The molecule has 2 aromatic carbocycles. The van der Waals surface area contributed by atoms with E-state index < -0.39 is 16.7 Å². The summed E-state index contributed by atoms with van der Waals surface area (Å²) >= 11 is 4.90. The molecule has 4 N–H and O–H groups in total. The number of hydrazine groups is 1. The van der Waals surface area contributed by atoms with Crippen LogP contribution in [0.4, 0.5) is 11.4 Å². The summed E-state index contributed by atoms with van der Waals surface area (Å²) in [6, 6.07) is 11.9. The summed E-state index contributed by atoms with van der Waals surface area (Å²) in [5, 5.41) is 15.5. The van der Waals surface area contributed by atoms with Gasteiger partial charge in [0, 0.05) is 36.2 Å². The van der Waals surface area contributed by atoms with E-state index in [0.29, 0.717) is 18.0 Å². The molecule has 0 aliphatic heterocycles. The lowest BCUT2D eigenvalue weighted by Gasteiger charge is -2.11. The van der Waals surface area contributed by atoms with Gasteiger partial charge in [-0.2, -0.15) is 0 Å². The second-order valence-corrected chi connectivity index (χ2v) is 6.68. The maximum absolute atomic E-state index is 12.1. The molecular formula is C20H21N5O6S. The van der Waals surface area contributed by atoms with Crippen LogP contribution in [0.1, 0.15) is 30.1 Å². The van der Waals surface area contributed by atoms with Gasteiger partial charge in [0.05, 0.1) is 11.5 Å². The molecule has 0 aliphatic carbocycles. The highest BCUT2D eigenvalue weighted by atomic mass is 32.1. The summed E-state index contributed by atoms with van der Waals surface area (Å²) in [5.41, 5.74) is 4.95. The number of nitrogens with zero attached hydrogens (tertiary/aromatic N) is 1. The lowest BCUT2D eigenvalue weighted by Crippen LogP contribution is -2.48. The molecule has 0 bridgehead atoms. The molecule has 12 heteroatoms. The zero-order chi connectivity index (χ0) is 23.5. The Morgan fingerprint density at radius 1 is 1.03 bits per heavy atom. The minimum absolute atomic E-state index is 0.0284. The third-order valence-corrected chi connectivity index (χ3v) is 4.09. The summed E-state index contributed by atoms with van der Waals surface area (Å²) in [5.74, 6) is -0.885. The predicted octanol–water partition coefficient (Wildman–Crippen LogP) is 2.05. The first-order chi connectivity index (χ1) is 15.3. The average molecular weight is 459 g/mol. The summed E-state index contributed by atoms with van der Waals surface area (Å²) in [4.78, 5) is 46.1. The highest BCUT2D eigenvalue weighted by molar-refractivity contribution is 7.80. The van der Waals surface area contributed by atoms with E-state index >= 15 is 0 Å². The van der Waals surface area contributed by atoms with Crippen LogP contribution >= 0.6 is 12.2 Å². The maximum Gasteiger partial charge on any atom is 0.270 e. The van der Waals surface area contributed by atoms with Crippen molar-refractivity contribution in [3.8, 4) is 5.75 Å². The molecule has 0 aliphatic rings. The van der Waals surface area contributed by atoms with Crippen molar-refractivity contribution in [1.29, 1.82) is 0 Å². The standard InChI is InChI=1S/C20H21N5O6S/c1-2-31-16-8-6-14(7-9-16)21-17(26)10-11-18(27)23-24-20(32)22-19(28)13-4-3-5-15(12-13)25(29)30/h3-9,12H,2,10-11H2,1H3,(H,21,26)(H,23,27)(H2,22,24,28,32). The number of benzene rings is 2. The second kappa shape index (κ2) is 12.0. The molecule has 0 radical (unpaired) electrons. The summed E-state index contributed by atoms with van der Waals surface area (Å²) < 4.78 is 5.32. The molecule has 0 atom stereocenters. The van der Waals surface area contributed by atoms with Gasteiger partial charge in [0.15, 0.2) is 5.11 Å². The number of hydrogen-bond acceptors (Lipinski definition) is 7. The number of amides is 3. The number of anilines is 1. The molecule has 168 valence electrons. The molecule has 0 saturated heterocycles. The Labute approximate surface area is 188 Å². The number of carbonyl (C=O) groups excluding carboxylic acids is 3. The maximum atomic E-state index is 12.1. The molecule has 0 saturated carbocycles. The van der Waals surface area contributed by atoms with Crippen LogP contribution in [-0.2, 0) is 9.59 Å². The van der Waals surface area contributed by atoms with Crippen molar-refractivity contribution in [3.05, 3.63) is 64.2 Å². The van der Waals surface area contributed by atoms with Crippen molar-refractivity contribution in [2.75, 3.05) is 11.9 Å². The van der Waals surface area contributed by atoms with E-state index in [0.717, 1.165) is 6.07 Å². The van der Waals surface area contributed by atoms with Crippen molar-refractivity contribution in [3.63, 3.8) is 0 Å². The largest absolute Gasteiger partial charge is 0.494 e. The smallest absolute Gasteiger partial charge is 0.270 e. The van der Waals surface area contributed by atoms with Crippen molar-refractivity contribution in [1.82, 2.24) is 16.2 Å². The number of rotatable bonds is 8. The Morgan fingerprint density at radius 3 is 2.38 bits per heavy atom. The van der Waals surface area contributed by atoms with E-state index in [1.807, 2.05) is 6.92 Å². The highest BCUT2D eigenvalue weighted by Crippen LogP contribution is 2.16. The third kappa shape index (κ3) is 7.99. The first-order valence-electron chi connectivity index (χ1n) is 9.45. The van der Waals surface area contributed by atoms with Crippen LogP contribution in [-0.4, -0.2) is 34.4 Å². The topological polar surface area (TPSA) is 152 Å². The van der Waals surface area contributed by atoms with Crippen LogP contribution in [0.15, 0.2) is 48.5 Å². The van der Waals surface area contributed by atoms with E-state index in [-0.39, 0.29) is 35.1 Å². The molecule has 11 nitrogen and oxygen atoms in total. The van der Waals surface area contributed by atoms with Crippen molar-refractivity contribution in [2.45, 2.75) is 19.8 Å². The van der Waals surface area contributed by atoms with Crippen LogP contribution in [0.25, 0.3) is 0 Å². The number of nitro groups is 1. The summed E-state index contributed by atoms with van der Waals surface area (Å²) in [6.07, 6.45) is -0.204. The minimum Gasteiger partial charge on any atom is -0.494 e. The second-order valence-electron chi connectivity index (χ2n) is 6.27. The fourth-order valence-electron chi connectivity index (χ4n) is 2.41. The molecule has 32 heavy (non-hydrogen) atoms. The molecule has 3 amide bonds. The van der Waals surface area contributed by atoms with Gasteiger partial charge in [0.1, 0.15) is 5.75 Å². The van der Waals surface area contributed by atoms with E-state index in [9.17, 15) is 24.5 Å². The van der Waals surface area contributed by atoms with Gasteiger partial charge >= 0.3 is 0 Å². The van der Waals surface area contributed by atoms with Gasteiger partial charge in [-0.3, -0.25) is 40.7 Å². The molecule has 0 fully saturated rings. The molecule has 2 aromatic rings. The van der Waals surface area contributed by atoms with Gasteiger partial charge in [-0.05, 0) is 49.5 Å². The van der Waals surface area contributed by atoms with Gasteiger partial charge in [0.2, 0.25) is 11.8 Å². The lowest BCUT2D eigenvalue weighted by atomic mass is 10.2. The fraction of sp³-hybridized carbons (Fsp3) is 0.200. The van der Waals surface area contributed by atoms with Gasteiger partial charge < -0.3 is 10.1 Å². The van der Waals surface area contributed by atoms with Crippen LogP contribution in [0.5, 0.6) is 5.75 Å². The highest BCUT2D eigenvalue weighted by Gasteiger charge is 2.13. The molecule has 0 spiro atoms. The van der Waals surface area contributed by atoms with E-state index in [2.05, 4.69) is 21.5 Å². The Morgan fingerprint density at radius 2 is 1.72 bits per heavy atom. The number of nitro benzene ring substituents is 1. The Kier molecular flexibility index (Phi) is 9.05. The van der Waals surface area contributed by atoms with E-state index in [1.54, 1.807) is 24.3 Å². The SMILES string of the molecule is CCOc1ccc(NC(=O)CCC(=O)NNC(=S)NC(=O)c2cccc([N+](=O)[O-])c2)cc1.